The summed E-state index contributed by atoms with van der Waals surface area (Å²) < 4.78 is 18.0. The van der Waals surface area contributed by atoms with E-state index in [9.17, 15) is 14.4 Å². The largest absolute Gasteiger partial charge is 0.403 e. The van der Waals surface area contributed by atoms with Crippen molar-refractivity contribution in [3.8, 4) is 0 Å². The molecule has 0 fully saturated rings. The summed E-state index contributed by atoms with van der Waals surface area (Å²) in [7, 11) is -2.28. The Balaban J connectivity index is 2.32. The first-order valence-electron chi connectivity index (χ1n) is 17.7. The second-order valence-corrected chi connectivity index (χ2v) is 14.3. The molecule has 242 valence electrons. The van der Waals surface area contributed by atoms with Crippen LogP contribution in [0.4, 0.5) is 0 Å². The minimum atomic E-state index is -4.28. The molecule has 1 aromatic heterocycles. The first-order valence-corrected chi connectivity index (χ1v) is 19.3. The van der Waals surface area contributed by atoms with E-state index in [1.165, 1.54) is 140 Å². The zero-order chi connectivity index (χ0) is 30.0. The van der Waals surface area contributed by atoms with Gasteiger partial charge in [0.25, 0.3) is 0 Å². The molecule has 41 heavy (non-hydrogen) atoms. The molecule has 0 aliphatic carbocycles. The highest BCUT2D eigenvalue weighted by Gasteiger charge is 2.30. The van der Waals surface area contributed by atoms with Gasteiger partial charge in [-0.2, -0.15) is 0 Å². The summed E-state index contributed by atoms with van der Waals surface area (Å²) >= 11 is 0. The van der Waals surface area contributed by atoms with Crippen LogP contribution in [0, 0.1) is 0 Å². The van der Waals surface area contributed by atoms with Crippen molar-refractivity contribution in [2.24, 2.45) is 7.05 Å². The van der Waals surface area contributed by atoms with Gasteiger partial charge < -0.3 is 9.79 Å². The highest BCUT2D eigenvalue weighted by atomic mass is 31.2. The summed E-state index contributed by atoms with van der Waals surface area (Å²) in [5.41, 5.74) is 0. The molecule has 1 rings (SSSR count). The summed E-state index contributed by atoms with van der Waals surface area (Å²) in [4.78, 5) is 20.3. The van der Waals surface area contributed by atoms with Crippen LogP contribution in [-0.4, -0.2) is 32.1 Å². The summed E-state index contributed by atoms with van der Waals surface area (Å²) in [5, 5.41) is 0. The highest BCUT2D eigenvalue weighted by molar-refractivity contribution is 7.49. The predicted molar refractivity (Wildman–Crippen MR) is 175 cm³/mol. The van der Waals surface area contributed by atoms with Crippen LogP contribution in [0.2, 0.25) is 0 Å². The maximum atomic E-state index is 12.4. The first kappa shape index (κ1) is 38.3. The monoisotopic (exact) mass is 599 g/mol. The molecule has 0 aromatic carbocycles. The Hall–Kier alpha value is -0.680. The Labute approximate surface area is 254 Å². The van der Waals surface area contributed by atoms with E-state index in [0.29, 0.717) is 13.1 Å². The Morgan fingerprint density at radius 3 is 1.41 bits per heavy atom. The molecule has 1 atom stereocenters. The van der Waals surface area contributed by atoms with E-state index in [-0.39, 0.29) is 6.04 Å². The van der Waals surface area contributed by atoms with E-state index < -0.39 is 7.75 Å². The third kappa shape index (κ3) is 21.6. The van der Waals surface area contributed by atoms with E-state index in [2.05, 4.69) is 18.4 Å². The van der Waals surface area contributed by atoms with E-state index in [1.54, 1.807) is 0 Å². The van der Waals surface area contributed by atoms with Crippen molar-refractivity contribution >= 4 is 7.75 Å². The lowest BCUT2D eigenvalue weighted by Gasteiger charge is -2.26. The Bertz CT molecular complexity index is 751. The molecule has 1 unspecified atom stereocenters. The number of hydrogen-bond donors (Lipinski definition) is 2. The normalized spacial score (nSPS) is 12.9. The quantitative estimate of drug-likeness (QED) is 0.0525. The second-order valence-electron chi connectivity index (χ2n) is 12.7. The molecule has 0 aliphatic rings. The van der Waals surface area contributed by atoms with Crippen LogP contribution >= 0.6 is 7.75 Å². The van der Waals surface area contributed by atoms with Crippen LogP contribution in [0.1, 0.15) is 180 Å². The number of aryl methyl sites for hydroxylation is 1. The number of nitrogens with zero attached hydrogens (tertiary/aromatic N) is 3. The molecule has 0 saturated heterocycles. The van der Waals surface area contributed by atoms with Crippen molar-refractivity contribution in [1.82, 2.24) is 9.24 Å². The summed E-state index contributed by atoms with van der Waals surface area (Å²) in [6.45, 7) is 5.42. The van der Waals surface area contributed by atoms with Crippen molar-refractivity contribution in [3.05, 3.63) is 18.7 Å². The Morgan fingerprint density at radius 1 is 0.659 bits per heavy atom. The van der Waals surface area contributed by atoms with Gasteiger partial charge in [0.05, 0.1) is 7.05 Å². The second kappa shape index (κ2) is 25.8. The highest BCUT2D eigenvalue weighted by Crippen LogP contribution is 2.41. The van der Waals surface area contributed by atoms with Gasteiger partial charge in [0, 0.05) is 13.1 Å². The van der Waals surface area contributed by atoms with E-state index in [0.717, 1.165) is 25.7 Å². The average molecular weight is 599 g/mol. The van der Waals surface area contributed by atoms with E-state index in [4.69, 9.17) is 0 Å². The smallest absolute Gasteiger partial charge is 0.312 e. The maximum Gasteiger partial charge on any atom is 0.403 e. The van der Waals surface area contributed by atoms with Crippen molar-refractivity contribution < 1.29 is 18.9 Å². The van der Waals surface area contributed by atoms with Gasteiger partial charge in [-0.1, -0.05) is 155 Å². The van der Waals surface area contributed by atoms with Gasteiger partial charge in [0.15, 0.2) is 0 Å². The number of aromatic nitrogens is 2. The van der Waals surface area contributed by atoms with Gasteiger partial charge in [-0.3, -0.25) is 0 Å². The molecule has 0 aliphatic heterocycles. The molecule has 0 radical (unpaired) electrons. The van der Waals surface area contributed by atoms with Gasteiger partial charge >= 0.3 is 7.75 Å². The summed E-state index contributed by atoms with van der Waals surface area (Å²) in [6, 6.07) is 0.0873. The minimum Gasteiger partial charge on any atom is -0.312 e. The maximum absolute atomic E-state index is 12.4. The van der Waals surface area contributed by atoms with E-state index in [1.807, 2.05) is 30.3 Å². The fraction of sp³-hybridized carbons (Fsp3) is 0.912. The van der Waals surface area contributed by atoms with Crippen LogP contribution in [0.25, 0.3) is 0 Å². The number of imidazole rings is 1. The third-order valence-electron chi connectivity index (χ3n) is 8.66. The SMILES string of the molecule is CCCCCCCCCCCCCCC(CN(CCCCCCCCCCCCCC)P(=O)(O)O)[n+]1ccn(C)c1. The van der Waals surface area contributed by atoms with Crippen LogP contribution in [0.5, 0.6) is 0 Å². The number of hydrogen-bond acceptors (Lipinski definition) is 1. The van der Waals surface area contributed by atoms with Crippen molar-refractivity contribution in [2.45, 2.75) is 180 Å². The third-order valence-corrected chi connectivity index (χ3v) is 9.76. The average Bonchev–Trinajstić information content (AvgIpc) is 3.37. The van der Waals surface area contributed by atoms with Crippen LogP contribution in [-0.2, 0) is 11.6 Å². The van der Waals surface area contributed by atoms with Gasteiger partial charge in [0.2, 0.25) is 6.33 Å². The zero-order valence-corrected chi connectivity index (χ0v) is 28.4. The number of unbranched alkanes of at least 4 members (excludes halogenated alkanes) is 22. The fourth-order valence-electron chi connectivity index (χ4n) is 5.95. The molecule has 0 amide bonds. The lowest BCUT2D eigenvalue weighted by molar-refractivity contribution is -0.722. The first-order chi connectivity index (χ1) is 19.9. The minimum absolute atomic E-state index is 0.0873. The number of rotatable bonds is 30. The molecule has 1 heterocycles. The lowest BCUT2D eigenvalue weighted by atomic mass is 10.0. The molecule has 0 saturated carbocycles. The molecule has 0 bridgehead atoms. The van der Waals surface area contributed by atoms with Crippen molar-refractivity contribution in [3.63, 3.8) is 0 Å². The molecule has 2 N–H and O–H groups in total. The van der Waals surface area contributed by atoms with E-state index >= 15 is 0 Å². The van der Waals surface area contributed by atoms with Crippen LogP contribution in [0.3, 0.4) is 0 Å². The zero-order valence-electron chi connectivity index (χ0n) is 27.5. The molecule has 6 nitrogen and oxygen atoms in total. The predicted octanol–water partition coefficient (Wildman–Crippen LogP) is 10.0. The van der Waals surface area contributed by atoms with Crippen LogP contribution in [0.15, 0.2) is 18.7 Å². The van der Waals surface area contributed by atoms with Crippen molar-refractivity contribution in [1.29, 1.82) is 0 Å². The standard InChI is InChI=1S/C34H68N3O3P/c1-4-6-8-10-12-14-16-18-20-22-24-26-28-34(36-31-30-35(3)33-36)32-37(41(38,39)40)29-27-25-23-21-19-17-15-13-11-9-7-5-2/h30-31,33-34H,4-29,32H2,1-3H3,(H-,38,39,40)/p+1. The van der Waals surface area contributed by atoms with Gasteiger partial charge in [-0.15, -0.1) is 0 Å². The fourth-order valence-corrected chi connectivity index (χ4v) is 6.75. The topological polar surface area (TPSA) is 69.6 Å². The molecular formula is C34H69N3O3P+. The molecule has 7 heteroatoms. The van der Waals surface area contributed by atoms with Gasteiger partial charge in [-0.05, 0) is 19.3 Å². The Morgan fingerprint density at radius 2 is 1.05 bits per heavy atom. The summed E-state index contributed by atoms with van der Waals surface area (Å²) in [5.74, 6) is 0. The lowest BCUT2D eigenvalue weighted by Crippen LogP contribution is -2.44. The van der Waals surface area contributed by atoms with Gasteiger partial charge in [-0.25, -0.2) is 18.4 Å². The summed E-state index contributed by atoms with van der Waals surface area (Å²) in [6.07, 6.45) is 38.1. The molecular weight excluding hydrogens is 529 g/mol. The molecule has 1 aromatic rings. The Kier molecular flexibility index (Phi) is 24.1. The van der Waals surface area contributed by atoms with Crippen LogP contribution < -0.4 is 4.57 Å². The van der Waals surface area contributed by atoms with Gasteiger partial charge in [0.1, 0.15) is 18.4 Å². The van der Waals surface area contributed by atoms with Crippen molar-refractivity contribution in [2.75, 3.05) is 13.1 Å². The molecule has 0 spiro atoms.